The number of aliphatic imine (C=N–C) groups is 1. The van der Waals surface area contributed by atoms with Gasteiger partial charge in [0, 0.05) is 23.7 Å². The average molecular weight is 383 g/mol. The molecule has 1 saturated heterocycles. The van der Waals surface area contributed by atoms with Gasteiger partial charge in [-0.1, -0.05) is 23.2 Å². The number of amidine groups is 1. The van der Waals surface area contributed by atoms with E-state index in [4.69, 9.17) is 29.6 Å². The lowest BCUT2D eigenvalue weighted by Gasteiger charge is -2.29. The van der Waals surface area contributed by atoms with Crippen LogP contribution in [0.2, 0.25) is 5.02 Å². The van der Waals surface area contributed by atoms with E-state index >= 15 is 0 Å². The molecule has 1 fully saturated rings. The first kappa shape index (κ1) is 19.3. The molecule has 1 aliphatic heterocycles. The summed E-state index contributed by atoms with van der Waals surface area (Å²) in [6, 6.07) is 4.37. The largest absolute Gasteiger partial charge is 0.387 e. The SMILES string of the molecule is CC(=C1CCN(C(=O)NC(=S)/N=C(/C)N)CC1)c1ccc(Cl)cc1F. The number of urea groups is 1. The number of hydrogen-bond acceptors (Lipinski definition) is 2. The summed E-state index contributed by atoms with van der Waals surface area (Å²) in [6.07, 6.45) is 1.35. The van der Waals surface area contributed by atoms with Crippen LogP contribution in [0.15, 0.2) is 28.8 Å². The van der Waals surface area contributed by atoms with Crippen molar-refractivity contribution in [1.82, 2.24) is 10.2 Å². The molecule has 3 N–H and O–H groups in total. The first-order chi connectivity index (χ1) is 11.8. The lowest BCUT2D eigenvalue weighted by Crippen LogP contribution is -2.45. The van der Waals surface area contributed by atoms with Crippen LogP contribution in [0.25, 0.3) is 5.57 Å². The number of allylic oxidation sites excluding steroid dienone is 1. The summed E-state index contributed by atoms with van der Waals surface area (Å²) in [6.45, 7) is 4.55. The summed E-state index contributed by atoms with van der Waals surface area (Å²) in [5.74, 6) is -0.0483. The van der Waals surface area contributed by atoms with Gasteiger partial charge in [-0.15, -0.1) is 0 Å². The Kier molecular flexibility index (Phi) is 6.50. The highest BCUT2D eigenvalue weighted by Crippen LogP contribution is 2.29. The quantitative estimate of drug-likeness (QED) is 0.441. The summed E-state index contributed by atoms with van der Waals surface area (Å²) < 4.78 is 14.1. The molecule has 8 heteroatoms. The number of amides is 2. The van der Waals surface area contributed by atoms with Gasteiger partial charge in [-0.05, 0) is 56.6 Å². The Morgan fingerprint density at radius 2 is 2.00 bits per heavy atom. The van der Waals surface area contributed by atoms with E-state index in [1.54, 1.807) is 24.0 Å². The molecule has 1 heterocycles. The van der Waals surface area contributed by atoms with E-state index in [0.717, 1.165) is 11.1 Å². The van der Waals surface area contributed by atoms with Crippen LogP contribution in [-0.4, -0.2) is 35.0 Å². The molecule has 1 aromatic rings. The van der Waals surface area contributed by atoms with E-state index < -0.39 is 0 Å². The molecule has 1 aromatic carbocycles. The highest BCUT2D eigenvalue weighted by Gasteiger charge is 2.21. The van der Waals surface area contributed by atoms with Crippen LogP contribution in [0.1, 0.15) is 32.3 Å². The van der Waals surface area contributed by atoms with E-state index in [-0.39, 0.29) is 22.8 Å². The molecule has 0 unspecified atom stereocenters. The average Bonchev–Trinajstić information content (AvgIpc) is 2.53. The Balaban J connectivity index is 2.02. The monoisotopic (exact) mass is 382 g/mol. The number of hydrogen-bond donors (Lipinski definition) is 2. The standard InChI is InChI=1S/C17H20ClFN4OS/c1-10(14-4-3-13(18)9-15(14)19)12-5-7-23(8-6-12)17(24)22-16(25)21-11(2)20/h3-4,9H,5-8H2,1-2H3,(H3,20,21,22,24,25). The van der Waals surface area contributed by atoms with Gasteiger partial charge in [0.15, 0.2) is 0 Å². The molecule has 0 aromatic heterocycles. The number of likely N-dealkylation sites (tertiary alicyclic amines) is 1. The molecule has 2 amide bonds. The highest BCUT2D eigenvalue weighted by atomic mass is 35.5. The third-order valence-electron chi connectivity index (χ3n) is 4.01. The molecule has 25 heavy (non-hydrogen) atoms. The van der Waals surface area contributed by atoms with Gasteiger partial charge in [-0.2, -0.15) is 0 Å². The Hall–Kier alpha value is -1.99. The van der Waals surface area contributed by atoms with Gasteiger partial charge in [0.25, 0.3) is 0 Å². The lowest BCUT2D eigenvalue weighted by molar-refractivity contribution is 0.199. The molecule has 0 radical (unpaired) electrons. The van der Waals surface area contributed by atoms with Gasteiger partial charge in [0.1, 0.15) is 5.82 Å². The second-order valence-electron chi connectivity index (χ2n) is 5.83. The molecule has 0 bridgehead atoms. The van der Waals surface area contributed by atoms with Crippen molar-refractivity contribution in [2.24, 2.45) is 10.7 Å². The van der Waals surface area contributed by atoms with E-state index in [9.17, 15) is 9.18 Å². The fraction of sp³-hybridized carbons (Fsp3) is 0.353. The first-order valence-corrected chi connectivity index (χ1v) is 8.61. The third kappa shape index (κ3) is 5.24. The zero-order chi connectivity index (χ0) is 18.6. The Morgan fingerprint density at radius 1 is 1.36 bits per heavy atom. The minimum Gasteiger partial charge on any atom is -0.387 e. The Bertz CT molecular complexity index is 749. The minimum atomic E-state index is -0.335. The van der Waals surface area contributed by atoms with Crippen LogP contribution < -0.4 is 11.1 Å². The number of piperidine rings is 1. The number of halogens is 2. The summed E-state index contributed by atoms with van der Waals surface area (Å²) in [5, 5.41) is 2.95. The van der Waals surface area contributed by atoms with Gasteiger partial charge in [-0.25, -0.2) is 14.2 Å². The number of nitrogens with zero attached hydrogens (tertiary/aromatic N) is 2. The number of thiocarbonyl (C=S) groups is 1. The summed E-state index contributed by atoms with van der Waals surface area (Å²) in [4.78, 5) is 17.6. The molecular formula is C17H20ClFN4OS. The van der Waals surface area contributed by atoms with Crippen LogP contribution in [0.3, 0.4) is 0 Å². The number of nitrogens with one attached hydrogen (secondary N) is 1. The molecular weight excluding hydrogens is 363 g/mol. The summed E-state index contributed by atoms with van der Waals surface area (Å²) >= 11 is 10.7. The summed E-state index contributed by atoms with van der Waals surface area (Å²) in [5.41, 5.74) is 8.00. The molecule has 5 nitrogen and oxygen atoms in total. The smallest absolute Gasteiger partial charge is 0.323 e. The summed E-state index contributed by atoms with van der Waals surface area (Å²) in [7, 11) is 0. The predicted octanol–water partition coefficient (Wildman–Crippen LogP) is 3.72. The molecule has 2 rings (SSSR count). The van der Waals surface area contributed by atoms with Gasteiger partial charge < -0.3 is 10.6 Å². The van der Waals surface area contributed by atoms with Crippen LogP contribution >= 0.6 is 23.8 Å². The van der Waals surface area contributed by atoms with Crippen molar-refractivity contribution < 1.29 is 9.18 Å². The van der Waals surface area contributed by atoms with Crippen molar-refractivity contribution >= 4 is 46.4 Å². The van der Waals surface area contributed by atoms with E-state index in [0.29, 0.717) is 36.5 Å². The van der Waals surface area contributed by atoms with E-state index in [2.05, 4.69) is 10.3 Å². The molecule has 0 saturated carbocycles. The number of rotatable bonds is 1. The number of carbonyl (C=O) groups is 1. The molecule has 0 spiro atoms. The molecule has 0 atom stereocenters. The Labute approximate surface area is 156 Å². The number of benzene rings is 1. The third-order valence-corrected chi connectivity index (χ3v) is 4.44. The van der Waals surface area contributed by atoms with Crippen molar-refractivity contribution in [3.05, 3.63) is 40.2 Å². The van der Waals surface area contributed by atoms with E-state index in [1.807, 2.05) is 6.92 Å². The van der Waals surface area contributed by atoms with Gasteiger partial charge in [0.05, 0.1) is 5.84 Å². The van der Waals surface area contributed by atoms with Crippen molar-refractivity contribution in [3.63, 3.8) is 0 Å². The van der Waals surface area contributed by atoms with E-state index in [1.165, 1.54) is 6.07 Å². The van der Waals surface area contributed by atoms with Crippen molar-refractivity contribution in [2.75, 3.05) is 13.1 Å². The predicted molar refractivity (Wildman–Crippen MR) is 103 cm³/mol. The van der Waals surface area contributed by atoms with Gasteiger partial charge >= 0.3 is 6.03 Å². The zero-order valence-corrected chi connectivity index (χ0v) is 15.7. The second-order valence-corrected chi connectivity index (χ2v) is 6.65. The zero-order valence-electron chi connectivity index (χ0n) is 14.1. The fourth-order valence-corrected chi connectivity index (χ4v) is 3.09. The van der Waals surface area contributed by atoms with Gasteiger partial charge in [-0.3, -0.25) is 5.32 Å². The topological polar surface area (TPSA) is 70.7 Å². The van der Waals surface area contributed by atoms with Crippen LogP contribution in [0.4, 0.5) is 9.18 Å². The maximum absolute atomic E-state index is 14.1. The maximum atomic E-state index is 14.1. The number of carbonyl (C=O) groups excluding carboxylic acids is 1. The Morgan fingerprint density at radius 3 is 2.56 bits per heavy atom. The second kappa shape index (κ2) is 8.40. The molecule has 0 aliphatic carbocycles. The lowest BCUT2D eigenvalue weighted by atomic mass is 9.94. The fourth-order valence-electron chi connectivity index (χ4n) is 2.70. The highest BCUT2D eigenvalue weighted by molar-refractivity contribution is 7.80. The minimum absolute atomic E-state index is 0.0470. The van der Waals surface area contributed by atoms with Crippen LogP contribution in [0.5, 0.6) is 0 Å². The maximum Gasteiger partial charge on any atom is 0.323 e. The number of nitrogens with two attached hydrogens (primary N) is 1. The first-order valence-electron chi connectivity index (χ1n) is 7.82. The van der Waals surface area contributed by atoms with Gasteiger partial charge in [0.2, 0.25) is 5.11 Å². The van der Waals surface area contributed by atoms with Crippen molar-refractivity contribution in [3.8, 4) is 0 Å². The van der Waals surface area contributed by atoms with Crippen LogP contribution in [-0.2, 0) is 0 Å². The molecule has 134 valence electrons. The molecule has 1 aliphatic rings. The normalized spacial score (nSPS) is 15.1. The van der Waals surface area contributed by atoms with Crippen molar-refractivity contribution in [1.29, 1.82) is 0 Å². The van der Waals surface area contributed by atoms with Crippen LogP contribution in [0, 0.1) is 5.82 Å². The van der Waals surface area contributed by atoms with Crippen molar-refractivity contribution in [2.45, 2.75) is 26.7 Å².